The van der Waals surface area contributed by atoms with Gasteiger partial charge in [0.25, 0.3) is 0 Å². The van der Waals surface area contributed by atoms with Crippen molar-refractivity contribution >= 4 is 69.4 Å². The standard InChI is InChI=1S/2C18H15P.C10H7.ClH.Ni/c2*1-4-10-16(11-5-1)19(17-12-6-2-7-13-17)18-14-8-3-9-15-18;1-2-6-10-8-4-3-7-9(10)5-1;;/h2*1-15H;1-7H;1H;/q;;;;-1/p+1. The number of rotatable bonds is 9. The number of fused-ring (bicyclic) bond motifs is 1. The van der Waals surface area contributed by atoms with E-state index < -0.39 is 22.7 Å². The van der Waals surface area contributed by atoms with E-state index in [2.05, 4.69) is 224 Å². The Bertz CT molecular complexity index is 1990. The zero-order valence-corrected chi connectivity index (χ0v) is 31.3. The quantitative estimate of drug-likeness (QED) is 0.102. The van der Waals surface area contributed by atoms with E-state index in [0.717, 1.165) is 0 Å². The fourth-order valence-corrected chi connectivity index (χ4v) is 48.5. The number of benzene rings is 8. The Morgan fingerprint density at radius 3 is 0.860 bits per heavy atom. The van der Waals surface area contributed by atoms with Gasteiger partial charge in [0.05, 0.1) is 0 Å². The Balaban J connectivity index is 1.73. The minimum atomic E-state index is -3.30. The van der Waals surface area contributed by atoms with Gasteiger partial charge in [0.1, 0.15) is 0 Å². The predicted molar refractivity (Wildman–Crippen MR) is 223 cm³/mol. The van der Waals surface area contributed by atoms with Crippen LogP contribution in [0.25, 0.3) is 10.8 Å². The molecule has 0 fully saturated rings. The molecule has 0 radical (unpaired) electrons. The summed E-state index contributed by atoms with van der Waals surface area (Å²) in [5.74, 6) is 0. The molecular formula is C46H39ClNiP2. The van der Waals surface area contributed by atoms with Crippen molar-refractivity contribution in [1.82, 2.24) is 0 Å². The van der Waals surface area contributed by atoms with Crippen molar-refractivity contribution in [3.05, 3.63) is 224 Å². The number of hydrogen-bond donors (Lipinski definition) is 0. The molecule has 0 spiro atoms. The van der Waals surface area contributed by atoms with Crippen LogP contribution in [0.2, 0.25) is 0 Å². The molecule has 250 valence electrons. The molecule has 0 atom stereocenters. The SMILES string of the molecule is [Cl][Ni]([c]1cccc2ccccc12)([PH](c1ccccc1)(c1ccccc1)c1ccccc1)[PH](c1ccccc1)(c1ccccc1)c1ccccc1. The van der Waals surface area contributed by atoms with Crippen molar-refractivity contribution < 1.29 is 10.6 Å². The van der Waals surface area contributed by atoms with Crippen molar-refractivity contribution in [3.8, 4) is 0 Å². The van der Waals surface area contributed by atoms with Gasteiger partial charge in [-0.3, -0.25) is 0 Å². The molecule has 0 unspecified atom stereocenters. The molecule has 0 amide bonds. The van der Waals surface area contributed by atoms with Crippen molar-refractivity contribution in [2.45, 2.75) is 0 Å². The first-order chi connectivity index (χ1) is 24.7. The van der Waals surface area contributed by atoms with Gasteiger partial charge in [-0.2, -0.15) is 0 Å². The molecule has 0 aliphatic rings. The fourth-order valence-electron chi connectivity index (χ4n) is 7.49. The minimum absolute atomic E-state index is 1.21. The van der Waals surface area contributed by atoms with Crippen LogP contribution in [-0.4, -0.2) is 0 Å². The van der Waals surface area contributed by atoms with Gasteiger partial charge in [0, 0.05) is 0 Å². The van der Waals surface area contributed by atoms with Crippen LogP contribution in [0.3, 0.4) is 0 Å². The summed E-state index contributed by atoms with van der Waals surface area (Å²) in [6, 6.07) is 76.9. The molecular weight excluding hydrogens is 709 g/mol. The summed E-state index contributed by atoms with van der Waals surface area (Å²) < 4.78 is 1.26. The second-order valence-corrected chi connectivity index (χ2v) is 32.8. The van der Waals surface area contributed by atoms with Crippen LogP contribution in [0.15, 0.2) is 224 Å². The van der Waals surface area contributed by atoms with E-state index in [4.69, 9.17) is 0 Å². The Morgan fingerprint density at radius 1 is 0.280 bits per heavy atom. The molecule has 0 aliphatic heterocycles. The molecule has 0 aliphatic carbocycles. The number of hydrogen-bond acceptors (Lipinski definition) is 0. The molecule has 0 N–H and O–H groups in total. The second-order valence-electron chi connectivity index (χ2n) is 12.3. The van der Waals surface area contributed by atoms with E-state index in [9.17, 15) is 10.2 Å². The van der Waals surface area contributed by atoms with Gasteiger partial charge in [-0.15, -0.1) is 0 Å². The third-order valence-corrected chi connectivity index (χ3v) is 42.0. The van der Waals surface area contributed by atoms with Crippen LogP contribution < -0.4 is 36.4 Å². The zero-order valence-electron chi connectivity index (χ0n) is 27.6. The second kappa shape index (κ2) is 14.1. The zero-order chi connectivity index (χ0) is 33.9. The van der Waals surface area contributed by atoms with Crippen molar-refractivity contribution in [1.29, 1.82) is 0 Å². The average Bonchev–Trinajstić information content (AvgIpc) is 3.21. The van der Waals surface area contributed by atoms with Gasteiger partial charge in [0.15, 0.2) is 0 Å². The maximum absolute atomic E-state index is 9.61. The third kappa shape index (κ3) is 5.11. The summed E-state index contributed by atoms with van der Waals surface area (Å²) in [5.41, 5.74) is 0. The van der Waals surface area contributed by atoms with E-state index in [1.54, 1.807) is 0 Å². The first kappa shape index (κ1) is 32.8. The molecule has 4 heteroatoms. The van der Waals surface area contributed by atoms with Gasteiger partial charge in [0.2, 0.25) is 0 Å². The van der Waals surface area contributed by atoms with Crippen molar-refractivity contribution in [3.63, 3.8) is 0 Å². The van der Waals surface area contributed by atoms with Crippen molar-refractivity contribution in [2.75, 3.05) is 0 Å². The van der Waals surface area contributed by atoms with Gasteiger partial charge in [-0.05, 0) is 0 Å². The van der Waals surface area contributed by atoms with Gasteiger partial charge >= 0.3 is 304 Å². The monoisotopic (exact) mass is 746 g/mol. The van der Waals surface area contributed by atoms with Crippen LogP contribution in [0, 0.1) is 0 Å². The van der Waals surface area contributed by atoms with E-state index in [0.29, 0.717) is 0 Å². The van der Waals surface area contributed by atoms with E-state index >= 15 is 0 Å². The van der Waals surface area contributed by atoms with Crippen LogP contribution in [0.4, 0.5) is 0 Å². The molecule has 0 heterocycles. The molecule has 0 saturated carbocycles. The summed E-state index contributed by atoms with van der Waals surface area (Å²) in [7, 11) is 6.90. The summed E-state index contributed by atoms with van der Waals surface area (Å²) in [6.07, 6.45) is 0. The third-order valence-electron chi connectivity index (χ3n) is 9.52. The molecule has 8 aromatic rings. The fraction of sp³-hybridized carbons (Fsp3) is 0. The van der Waals surface area contributed by atoms with Gasteiger partial charge in [-0.1, -0.05) is 0 Å². The van der Waals surface area contributed by atoms with E-state index in [1.807, 2.05) is 0 Å². The summed E-state index contributed by atoms with van der Waals surface area (Å²) in [6.45, 7) is 0. The Labute approximate surface area is 302 Å². The Morgan fingerprint density at radius 2 is 0.540 bits per heavy atom. The van der Waals surface area contributed by atoms with E-state index in [-0.39, 0.29) is 0 Å². The summed E-state index contributed by atoms with van der Waals surface area (Å²) in [4.78, 5) is 0. The normalized spacial score (nSPS) is 14.3. The Kier molecular flexibility index (Phi) is 9.27. The predicted octanol–water partition coefficient (Wildman–Crippen LogP) is 9.06. The van der Waals surface area contributed by atoms with Crippen LogP contribution in [0.5, 0.6) is 0 Å². The van der Waals surface area contributed by atoms with Crippen molar-refractivity contribution in [2.24, 2.45) is 0 Å². The average molecular weight is 748 g/mol. The molecule has 0 nitrogen and oxygen atoms in total. The first-order valence-corrected chi connectivity index (χ1v) is 25.3. The van der Waals surface area contributed by atoms with E-state index in [1.165, 1.54) is 47.1 Å². The molecule has 50 heavy (non-hydrogen) atoms. The van der Waals surface area contributed by atoms with Gasteiger partial charge in [-0.25, -0.2) is 0 Å². The molecule has 0 aromatic heterocycles. The Hall–Kier alpha value is -4.34. The topological polar surface area (TPSA) is 0 Å². The molecule has 0 saturated heterocycles. The molecule has 8 aromatic carbocycles. The van der Waals surface area contributed by atoms with Crippen LogP contribution in [-0.2, 0) is 10.6 Å². The van der Waals surface area contributed by atoms with Crippen LogP contribution in [0.1, 0.15) is 0 Å². The van der Waals surface area contributed by atoms with Crippen LogP contribution >= 0.6 is 22.3 Å². The summed E-state index contributed by atoms with van der Waals surface area (Å²) in [5, 5.41) is 10.4. The maximum atomic E-state index is 9.61. The number of halogens is 1. The van der Waals surface area contributed by atoms with Gasteiger partial charge < -0.3 is 0 Å². The molecule has 0 bridgehead atoms. The molecule has 8 rings (SSSR count). The first-order valence-electron chi connectivity index (χ1n) is 16.9. The summed E-state index contributed by atoms with van der Waals surface area (Å²) >= 11 is 0.